The summed E-state index contributed by atoms with van der Waals surface area (Å²) in [6.45, 7) is 0. The van der Waals surface area contributed by atoms with Crippen LogP contribution in [0.3, 0.4) is 0 Å². The molecule has 0 aliphatic heterocycles. The van der Waals surface area contributed by atoms with Gasteiger partial charge >= 0.3 is 12.1 Å². The zero-order chi connectivity index (χ0) is 18.2. The van der Waals surface area contributed by atoms with Gasteiger partial charge in [0.1, 0.15) is 5.69 Å². The van der Waals surface area contributed by atoms with Gasteiger partial charge in [-0.2, -0.15) is 13.2 Å². The molecule has 1 aromatic carbocycles. The predicted molar refractivity (Wildman–Crippen MR) is 81.6 cm³/mol. The number of benzene rings is 1. The first kappa shape index (κ1) is 16.8. The number of fused-ring (bicyclic) bond motifs is 1. The van der Waals surface area contributed by atoms with Crippen molar-refractivity contribution in [2.45, 2.75) is 6.18 Å². The third kappa shape index (κ3) is 3.55. The fourth-order valence-electron chi connectivity index (χ4n) is 1.86. The van der Waals surface area contributed by atoms with E-state index >= 15 is 0 Å². The summed E-state index contributed by atoms with van der Waals surface area (Å²) in [7, 11) is 0. The number of aromatic nitrogens is 3. The smallest absolute Gasteiger partial charge is 0.434 e. The Morgan fingerprint density at radius 3 is 2.52 bits per heavy atom. The largest absolute Gasteiger partial charge is 0.478 e. The summed E-state index contributed by atoms with van der Waals surface area (Å²) in [5.41, 5.74) is -0.963. The van der Waals surface area contributed by atoms with Gasteiger partial charge in [-0.05, 0) is 18.2 Å². The highest BCUT2D eigenvalue weighted by Crippen LogP contribution is 2.28. The minimum Gasteiger partial charge on any atom is -0.478 e. The SMILES string of the molecule is O=C(O)c1ccc2nc(NC(=O)c3cnc(C(F)(F)F)cn3)sc2c1. The quantitative estimate of drug-likeness (QED) is 0.736. The van der Waals surface area contributed by atoms with Crippen LogP contribution in [0.2, 0.25) is 0 Å². The van der Waals surface area contributed by atoms with Crippen LogP contribution in [0.4, 0.5) is 18.3 Å². The van der Waals surface area contributed by atoms with E-state index in [9.17, 15) is 22.8 Å². The van der Waals surface area contributed by atoms with Gasteiger partial charge in [-0.15, -0.1) is 0 Å². The summed E-state index contributed by atoms with van der Waals surface area (Å²) in [4.78, 5) is 33.6. The van der Waals surface area contributed by atoms with Crippen LogP contribution in [0, 0.1) is 0 Å². The van der Waals surface area contributed by atoms with E-state index < -0.39 is 23.7 Å². The van der Waals surface area contributed by atoms with Gasteiger partial charge in [-0.1, -0.05) is 11.3 Å². The second kappa shape index (κ2) is 6.09. The fraction of sp³-hybridized carbons (Fsp3) is 0.0714. The molecule has 2 aromatic heterocycles. The Bertz CT molecular complexity index is 970. The molecule has 1 amide bonds. The predicted octanol–water partition coefficient (Wildman–Crippen LogP) is 3.06. The van der Waals surface area contributed by atoms with E-state index in [4.69, 9.17) is 5.11 Å². The maximum atomic E-state index is 12.4. The van der Waals surface area contributed by atoms with Crippen LogP contribution < -0.4 is 5.32 Å². The van der Waals surface area contributed by atoms with Gasteiger partial charge in [-0.3, -0.25) is 10.1 Å². The number of carboxylic acids is 1. The number of nitrogens with one attached hydrogen (secondary N) is 1. The number of alkyl halides is 3. The zero-order valence-corrected chi connectivity index (χ0v) is 12.9. The number of carbonyl (C=O) groups is 2. The van der Waals surface area contributed by atoms with Crippen molar-refractivity contribution in [3.63, 3.8) is 0 Å². The van der Waals surface area contributed by atoms with Crippen LogP contribution in [0.25, 0.3) is 10.2 Å². The normalized spacial score (nSPS) is 11.5. The number of halogens is 3. The van der Waals surface area contributed by atoms with Crippen molar-refractivity contribution in [2.24, 2.45) is 0 Å². The molecular formula is C14H7F3N4O3S. The van der Waals surface area contributed by atoms with Crippen molar-refractivity contribution in [1.82, 2.24) is 15.0 Å². The third-order valence-corrected chi connectivity index (χ3v) is 3.96. The lowest BCUT2D eigenvalue weighted by Gasteiger charge is -2.05. The lowest BCUT2D eigenvalue weighted by Crippen LogP contribution is -2.16. The van der Waals surface area contributed by atoms with E-state index in [0.29, 0.717) is 22.6 Å². The van der Waals surface area contributed by atoms with Crippen molar-refractivity contribution in [3.8, 4) is 0 Å². The molecule has 0 bridgehead atoms. The molecule has 0 atom stereocenters. The van der Waals surface area contributed by atoms with Crippen molar-refractivity contribution >= 4 is 38.6 Å². The molecule has 0 fully saturated rings. The van der Waals surface area contributed by atoms with Crippen LogP contribution in [-0.2, 0) is 6.18 Å². The number of amides is 1. The topological polar surface area (TPSA) is 105 Å². The number of hydrogen-bond donors (Lipinski definition) is 2. The third-order valence-electron chi connectivity index (χ3n) is 3.03. The standard InChI is InChI=1S/C14H7F3N4O3S/c15-14(16,17)10-5-18-8(4-19-10)11(22)21-13-20-7-2-1-6(12(23)24)3-9(7)25-13/h1-5H,(H,23,24)(H,20,21,22). The molecule has 128 valence electrons. The number of rotatable bonds is 3. The first-order valence-electron chi connectivity index (χ1n) is 6.58. The molecule has 7 nitrogen and oxygen atoms in total. The molecule has 11 heteroatoms. The Kier molecular flexibility index (Phi) is 4.08. The summed E-state index contributed by atoms with van der Waals surface area (Å²) >= 11 is 1.02. The van der Waals surface area contributed by atoms with Gasteiger partial charge in [0, 0.05) is 0 Å². The maximum Gasteiger partial charge on any atom is 0.434 e. The second-order valence-electron chi connectivity index (χ2n) is 4.75. The van der Waals surface area contributed by atoms with Crippen molar-refractivity contribution < 1.29 is 27.9 Å². The van der Waals surface area contributed by atoms with Crippen molar-refractivity contribution in [2.75, 3.05) is 5.32 Å². The van der Waals surface area contributed by atoms with Gasteiger partial charge < -0.3 is 5.11 Å². The number of anilines is 1. The number of carboxylic acid groups (broad SMARTS) is 1. The van der Waals surface area contributed by atoms with Crippen LogP contribution in [-0.4, -0.2) is 31.9 Å². The molecular weight excluding hydrogens is 361 g/mol. The number of thiazole rings is 1. The van der Waals surface area contributed by atoms with E-state index in [1.807, 2.05) is 0 Å². The molecule has 0 aliphatic carbocycles. The molecule has 0 saturated carbocycles. The molecule has 3 aromatic rings. The van der Waals surface area contributed by atoms with Gasteiger partial charge in [0.2, 0.25) is 0 Å². The molecule has 0 aliphatic rings. The zero-order valence-electron chi connectivity index (χ0n) is 12.0. The Labute approximate surface area is 141 Å². The van der Waals surface area contributed by atoms with E-state index in [2.05, 4.69) is 20.3 Å². The number of aromatic carboxylic acids is 1. The first-order chi connectivity index (χ1) is 11.7. The second-order valence-corrected chi connectivity index (χ2v) is 5.78. The first-order valence-corrected chi connectivity index (χ1v) is 7.40. The summed E-state index contributed by atoms with van der Waals surface area (Å²) < 4.78 is 37.8. The highest BCUT2D eigenvalue weighted by molar-refractivity contribution is 7.22. The Balaban J connectivity index is 1.80. The highest BCUT2D eigenvalue weighted by Gasteiger charge is 2.33. The summed E-state index contributed by atoms with van der Waals surface area (Å²) in [6.07, 6.45) is -3.46. The average molecular weight is 368 g/mol. The number of nitrogens with zero attached hydrogens (tertiary/aromatic N) is 3. The minimum atomic E-state index is -4.64. The average Bonchev–Trinajstić information content (AvgIpc) is 2.95. The van der Waals surface area contributed by atoms with Crippen LogP contribution >= 0.6 is 11.3 Å². The monoisotopic (exact) mass is 368 g/mol. The molecule has 2 N–H and O–H groups in total. The molecule has 0 unspecified atom stereocenters. The lowest BCUT2D eigenvalue weighted by molar-refractivity contribution is -0.141. The van der Waals surface area contributed by atoms with Crippen molar-refractivity contribution in [1.29, 1.82) is 0 Å². The highest BCUT2D eigenvalue weighted by atomic mass is 32.1. The summed E-state index contributed by atoms with van der Waals surface area (Å²) in [5.74, 6) is -1.88. The Morgan fingerprint density at radius 1 is 1.16 bits per heavy atom. The molecule has 0 radical (unpaired) electrons. The number of hydrogen-bond acceptors (Lipinski definition) is 6. The summed E-state index contributed by atoms with van der Waals surface area (Å²) in [5, 5.41) is 11.5. The number of carbonyl (C=O) groups excluding carboxylic acids is 1. The molecule has 3 rings (SSSR count). The summed E-state index contributed by atoms with van der Waals surface area (Å²) in [6, 6.07) is 4.27. The van der Waals surface area contributed by atoms with Gasteiger partial charge in [-0.25, -0.2) is 19.7 Å². The van der Waals surface area contributed by atoms with Crippen molar-refractivity contribution in [3.05, 3.63) is 47.5 Å². The fourth-order valence-corrected chi connectivity index (χ4v) is 2.76. The van der Waals surface area contributed by atoms with Gasteiger partial charge in [0.25, 0.3) is 5.91 Å². The molecule has 0 saturated heterocycles. The molecule has 0 spiro atoms. The Morgan fingerprint density at radius 2 is 1.92 bits per heavy atom. The van der Waals surface area contributed by atoms with E-state index in [1.54, 1.807) is 0 Å². The van der Waals surface area contributed by atoms with Crippen LogP contribution in [0.15, 0.2) is 30.6 Å². The van der Waals surface area contributed by atoms with Crippen LogP contribution in [0.1, 0.15) is 26.5 Å². The Hall–Kier alpha value is -3.08. The van der Waals surface area contributed by atoms with E-state index in [0.717, 1.165) is 11.3 Å². The minimum absolute atomic E-state index is 0.0719. The lowest BCUT2D eigenvalue weighted by atomic mass is 10.2. The van der Waals surface area contributed by atoms with E-state index in [-0.39, 0.29) is 16.4 Å². The molecule has 2 heterocycles. The van der Waals surface area contributed by atoms with Gasteiger partial charge in [0.15, 0.2) is 10.8 Å². The van der Waals surface area contributed by atoms with E-state index in [1.165, 1.54) is 18.2 Å². The molecule has 25 heavy (non-hydrogen) atoms. The van der Waals surface area contributed by atoms with Crippen LogP contribution in [0.5, 0.6) is 0 Å². The maximum absolute atomic E-state index is 12.4. The van der Waals surface area contributed by atoms with Gasteiger partial charge in [0.05, 0.1) is 28.2 Å².